The zero-order chi connectivity index (χ0) is 13.1. The van der Waals surface area contributed by atoms with Crippen LogP contribution in [0.15, 0.2) is 12.1 Å². The van der Waals surface area contributed by atoms with Crippen molar-refractivity contribution in [1.29, 1.82) is 0 Å². The number of ether oxygens (including phenoxy) is 2. The minimum absolute atomic E-state index is 0.144. The van der Waals surface area contributed by atoms with Crippen LogP contribution in [-0.4, -0.2) is 31.0 Å². The highest BCUT2D eigenvalue weighted by Gasteiger charge is 2.19. The van der Waals surface area contributed by atoms with E-state index in [2.05, 4.69) is 19.1 Å². The summed E-state index contributed by atoms with van der Waals surface area (Å²) in [6.07, 6.45) is 0.524. The molecule has 2 rings (SSSR count). The van der Waals surface area contributed by atoms with Gasteiger partial charge in [0.05, 0.1) is 19.3 Å². The summed E-state index contributed by atoms with van der Waals surface area (Å²) in [5.74, 6) is 0. The lowest BCUT2D eigenvalue weighted by molar-refractivity contribution is -0.0135. The number of hydrogen-bond donors (Lipinski definition) is 1. The summed E-state index contributed by atoms with van der Waals surface area (Å²) in [5, 5.41) is 10.3. The molecule has 1 aromatic carbocycles. The van der Waals surface area contributed by atoms with Crippen LogP contribution >= 0.6 is 0 Å². The monoisotopic (exact) mass is 250 g/mol. The molecule has 1 N–H and O–H groups in total. The van der Waals surface area contributed by atoms with Crippen LogP contribution in [0.2, 0.25) is 0 Å². The molecule has 1 heterocycles. The fourth-order valence-corrected chi connectivity index (χ4v) is 2.67. The molecule has 18 heavy (non-hydrogen) atoms. The molecule has 100 valence electrons. The van der Waals surface area contributed by atoms with Crippen molar-refractivity contribution in [2.45, 2.75) is 39.4 Å². The number of benzene rings is 1. The number of hydrogen-bond acceptors (Lipinski definition) is 3. The van der Waals surface area contributed by atoms with Gasteiger partial charge in [0, 0.05) is 6.61 Å². The van der Waals surface area contributed by atoms with Crippen molar-refractivity contribution >= 4 is 0 Å². The number of rotatable bonds is 4. The first-order chi connectivity index (χ1) is 8.58. The first-order valence-corrected chi connectivity index (χ1v) is 6.53. The molecule has 3 heteroatoms. The predicted molar refractivity (Wildman–Crippen MR) is 70.8 cm³/mol. The smallest absolute Gasteiger partial charge is 0.103 e. The minimum atomic E-state index is -0.550. The molecule has 0 amide bonds. The third-order valence-electron chi connectivity index (χ3n) is 3.45. The van der Waals surface area contributed by atoms with Crippen LogP contribution in [0.5, 0.6) is 0 Å². The van der Waals surface area contributed by atoms with Crippen LogP contribution in [0.1, 0.15) is 34.8 Å². The first kappa shape index (κ1) is 13.5. The molecule has 0 aliphatic carbocycles. The van der Waals surface area contributed by atoms with E-state index >= 15 is 0 Å². The molecular weight excluding hydrogens is 228 g/mol. The van der Waals surface area contributed by atoms with E-state index in [0.717, 1.165) is 29.7 Å². The number of aliphatic hydroxyl groups is 1. The van der Waals surface area contributed by atoms with Crippen molar-refractivity contribution in [2.75, 3.05) is 19.8 Å². The Morgan fingerprint density at radius 2 is 2.00 bits per heavy atom. The number of aliphatic hydroxyl groups excluding tert-OH is 1. The Hall–Kier alpha value is -0.900. The summed E-state index contributed by atoms with van der Waals surface area (Å²) in [6.45, 7) is 7.91. The molecule has 2 unspecified atom stereocenters. The molecule has 1 aliphatic heterocycles. The van der Waals surface area contributed by atoms with Crippen molar-refractivity contribution in [3.63, 3.8) is 0 Å². The maximum Gasteiger partial charge on any atom is 0.103 e. The summed E-state index contributed by atoms with van der Waals surface area (Å²) in [5.41, 5.74) is 4.49. The van der Waals surface area contributed by atoms with Gasteiger partial charge in [-0.1, -0.05) is 17.7 Å². The molecule has 1 fully saturated rings. The molecular formula is C15H22O3. The molecule has 1 aromatic rings. The lowest BCUT2D eigenvalue weighted by Gasteiger charge is -2.19. The molecule has 1 aliphatic rings. The van der Waals surface area contributed by atoms with E-state index in [1.54, 1.807) is 0 Å². The maximum absolute atomic E-state index is 10.3. The van der Waals surface area contributed by atoms with Crippen LogP contribution < -0.4 is 0 Å². The van der Waals surface area contributed by atoms with Gasteiger partial charge in [0.25, 0.3) is 0 Å². The molecule has 0 saturated carbocycles. The van der Waals surface area contributed by atoms with Crippen LogP contribution in [0.3, 0.4) is 0 Å². The Labute approximate surface area is 109 Å². The summed E-state index contributed by atoms with van der Waals surface area (Å²) in [6, 6.07) is 4.20. The van der Waals surface area contributed by atoms with Gasteiger partial charge in [-0.2, -0.15) is 0 Å². The largest absolute Gasteiger partial charge is 0.386 e. The molecule has 1 saturated heterocycles. The molecule has 0 radical (unpaired) electrons. The number of aryl methyl sites for hydroxylation is 3. The molecule has 0 spiro atoms. The van der Waals surface area contributed by atoms with Gasteiger partial charge in [-0.3, -0.25) is 0 Å². The van der Waals surface area contributed by atoms with Crippen LogP contribution in [0, 0.1) is 20.8 Å². The Morgan fingerprint density at radius 1 is 1.33 bits per heavy atom. The standard InChI is InChI=1S/C15H22O3/c1-10-6-11(2)15(12(3)7-10)14(16)9-18-13-4-5-17-8-13/h6-7,13-14,16H,4-5,8-9H2,1-3H3. The fourth-order valence-electron chi connectivity index (χ4n) is 2.67. The summed E-state index contributed by atoms with van der Waals surface area (Å²) in [4.78, 5) is 0. The van der Waals surface area contributed by atoms with Gasteiger partial charge < -0.3 is 14.6 Å². The summed E-state index contributed by atoms with van der Waals surface area (Å²) in [7, 11) is 0. The third kappa shape index (κ3) is 3.10. The molecule has 0 bridgehead atoms. The van der Waals surface area contributed by atoms with E-state index in [4.69, 9.17) is 9.47 Å². The van der Waals surface area contributed by atoms with Crippen LogP contribution in [-0.2, 0) is 9.47 Å². The third-order valence-corrected chi connectivity index (χ3v) is 3.45. The van der Waals surface area contributed by atoms with Gasteiger partial charge in [0.15, 0.2) is 0 Å². The maximum atomic E-state index is 10.3. The quantitative estimate of drug-likeness (QED) is 0.892. The second kappa shape index (κ2) is 5.83. The predicted octanol–water partition coefficient (Wildman–Crippen LogP) is 2.45. The van der Waals surface area contributed by atoms with Crippen molar-refractivity contribution in [3.8, 4) is 0 Å². The Balaban J connectivity index is 2.01. The van der Waals surface area contributed by atoms with Gasteiger partial charge in [-0.25, -0.2) is 0 Å². The second-order valence-electron chi connectivity index (χ2n) is 5.15. The zero-order valence-electron chi connectivity index (χ0n) is 11.4. The molecule has 3 nitrogen and oxygen atoms in total. The van der Waals surface area contributed by atoms with Crippen molar-refractivity contribution in [1.82, 2.24) is 0 Å². The van der Waals surface area contributed by atoms with E-state index < -0.39 is 6.10 Å². The van der Waals surface area contributed by atoms with Gasteiger partial charge in [-0.05, 0) is 43.9 Å². The SMILES string of the molecule is Cc1cc(C)c(C(O)COC2CCOC2)c(C)c1. The zero-order valence-corrected chi connectivity index (χ0v) is 11.4. The highest BCUT2D eigenvalue weighted by Crippen LogP contribution is 2.24. The van der Waals surface area contributed by atoms with E-state index in [-0.39, 0.29) is 6.10 Å². The van der Waals surface area contributed by atoms with E-state index in [1.807, 2.05) is 13.8 Å². The van der Waals surface area contributed by atoms with Crippen molar-refractivity contribution in [3.05, 3.63) is 34.4 Å². The lowest BCUT2D eigenvalue weighted by Crippen LogP contribution is -2.18. The normalized spacial score (nSPS) is 21.2. The molecule has 0 aromatic heterocycles. The van der Waals surface area contributed by atoms with E-state index in [9.17, 15) is 5.11 Å². The lowest BCUT2D eigenvalue weighted by atomic mass is 9.96. The van der Waals surface area contributed by atoms with Gasteiger partial charge in [-0.15, -0.1) is 0 Å². The van der Waals surface area contributed by atoms with Crippen LogP contribution in [0.4, 0.5) is 0 Å². The van der Waals surface area contributed by atoms with Crippen molar-refractivity contribution < 1.29 is 14.6 Å². The topological polar surface area (TPSA) is 38.7 Å². The van der Waals surface area contributed by atoms with Gasteiger partial charge in [0.1, 0.15) is 6.10 Å². The average molecular weight is 250 g/mol. The first-order valence-electron chi connectivity index (χ1n) is 6.53. The minimum Gasteiger partial charge on any atom is -0.386 e. The van der Waals surface area contributed by atoms with E-state index in [1.165, 1.54) is 5.56 Å². The van der Waals surface area contributed by atoms with Crippen molar-refractivity contribution in [2.24, 2.45) is 0 Å². The summed E-state index contributed by atoms with van der Waals surface area (Å²) < 4.78 is 10.9. The fraction of sp³-hybridized carbons (Fsp3) is 0.600. The highest BCUT2D eigenvalue weighted by atomic mass is 16.5. The highest BCUT2D eigenvalue weighted by molar-refractivity contribution is 5.38. The average Bonchev–Trinajstić information content (AvgIpc) is 2.77. The Morgan fingerprint density at radius 3 is 2.56 bits per heavy atom. The van der Waals surface area contributed by atoms with Gasteiger partial charge >= 0.3 is 0 Å². The molecule has 2 atom stereocenters. The van der Waals surface area contributed by atoms with E-state index in [0.29, 0.717) is 13.2 Å². The Kier molecular flexibility index (Phi) is 4.38. The summed E-state index contributed by atoms with van der Waals surface area (Å²) >= 11 is 0. The second-order valence-corrected chi connectivity index (χ2v) is 5.15. The van der Waals surface area contributed by atoms with Crippen LogP contribution in [0.25, 0.3) is 0 Å². The Bertz CT molecular complexity index is 385. The van der Waals surface area contributed by atoms with Gasteiger partial charge in [0.2, 0.25) is 0 Å².